The Morgan fingerprint density at radius 3 is 2.48 bits per heavy atom. The third kappa shape index (κ3) is 6.03. The third-order valence-corrected chi connectivity index (χ3v) is 4.98. The number of thioether (sulfide) groups is 1. The number of hydrogen-bond acceptors (Lipinski definition) is 7. The van der Waals surface area contributed by atoms with Crippen molar-refractivity contribution in [2.24, 2.45) is 0 Å². The van der Waals surface area contributed by atoms with Crippen LogP contribution in [0.3, 0.4) is 0 Å². The van der Waals surface area contributed by atoms with Crippen LogP contribution in [-0.2, 0) is 11.2 Å². The standard InChI is InChI=1S/C19H17Cl2N3O4S/c1-26-15-4-3-11(5-16(15)27-2)6-18-23-24-19(28-18)29-10-17(25)22-14-8-12(20)7-13(21)9-14/h3-5,7-9H,6,10H2,1-2H3,(H,22,25). The maximum absolute atomic E-state index is 12.1. The van der Waals surface area contributed by atoms with Gasteiger partial charge in [0, 0.05) is 15.7 Å². The van der Waals surface area contributed by atoms with E-state index in [2.05, 4.69) is 15.5 Å². The number of carbonyl (C=O) groups excluding carboxylic acids is 1. The number of benzene rings is 2. The van der Waals surface area contributed by atoms with Crippen LogP contribution in [0, 0.1) is 0 Å². The molecule has 0 atom stereocenters. The number of halogens is 2. The molecule has 0 aliphatic heterocycles. The average molecular weight is 454 g/mol. The van der Waals surface area contributed by atoms with Gasteiger partial charge in [-0.15, -0.1) is 10.2 Å². The lowest BCUT2D eigenvalue weighted by Crippen LogP contribution is -2.13. The van der Waals surface area contributed by atoms with Gasteiger partial charge in [-0.1, -0.05) is 41.0 Å². The molecule has 0 spiro atoms. The molecule has 3 rings (SSSR count). The molecule has 3 aromatic rings. The second kappa shape index (κ2) is 9.87. The van der Waals surface area contributed by atoms with E-state index in [1.54, 1.807) is 32.4 Å². The summed E-state index contributed by atoms with van der Waals surface area (Å²) in [6, 6.07) is 10.4. The second-order valence-electron chi connectivity index (χ2n) is 5.82. The van der Waals surface area contributed by atoms with Crippen molar-refractivity contribution in [3.63, 3.8) is 0 Å². The molecule has 1 amide bonds. The van der Waals surface area contributed by atoms with Gasteiger partial charge in [0.05, 0.1) is 26.4 Å². The Balaban J connectivity index is 1.55. The number of rotatable bonds is 8. The van der Waals surface area contributed by atoms with Gasteiger partial charge in [-0.3, -0.25) is 4.79 Å². The highest BCUT2D eigenvalue weighted by Gasteiger charge is 2.12. The smallest absolute Gasteiger partial charge is 0.277 e. The number of nitrogens with zero attached hydrogens (tertiary/aromatic N) is 2. The van der Waals surface area contributed by atoms with Crippen LogP contribution in [0.2, 0.25) is 10.0 Å². The highest BCUT2D eigenvalue weighted by molar-refractivity contribution is 7.99. The van der Waals surface area contributed by atoms with Crippen LogP contribution in [0.5, 0.6) is 11.5 Å². The van der Waals surface area contributed by atoms with Crippen molar-refractivity contribution < 1.29 is 18.7 Å². The Bertz CT molecular complexity index is 993. The summed E-state index contributed by atoms with van der Waals surface area (Å²) in [5.74, 6) is 1.55. The Hall–Kier alpha value is -2.42. The van der Waals surface area contributed by atoms with Crippen LogP contribution >= 0.6 is 35.0 Å². The molecule has 0 aliphatic rings. The Morgan fingerprint density at radius 2 is 1.79 bits per heavy atom. The highest BCUT2D eigenvalue weighted by atomic mass is 35.5. The minimum atomic E-state index is -0.243. The molecule has 0 saturated heterocycles. The molecule has 152 valence electrons. The van der Waals surface area contributed by atoms with Gasteiger partial charge in [-0.2, -0.15) is 0 Å². The van der Waals surface area contributed by atoms with Crippen molar-refractivity contribution in [2.75, 3.05) is 25.3 Å². The van der Waals surface area contributed by atoms with E-state index < -0.39 is 0 Å². The van der Waals surface area contributed by atoms with Crippen molar-refractivity contribution in [3.05, 3.63) is 57.9 Å². The zero-order valence-electron chi connectivity index (χ0n) is 15.6. The van der Waals surface area contributed by atoms with E-state index in [0.29, 0.717) is 44.8 Å². The molecule has 2 aromatic carbocycles. The van der Waals surface area contributed by atoms with Gasteiger partial charge in [0.15, 0.2) is 11.5 Å². The van der Waals surface area contributed by atoms with Crippen molar-refractivity contribution in [3.8, 4) is 11.5 Å². The molecule has 1 aromatic heterocycles. The van der Waals surface area contributed by atoms with E-state index in [1.807, 2.05) is 18.2 Å². The zero-order chi connectivity index (χ0) is 20.8. The lowest BCUT2D eigenvalue weighted by Gasteiger charge is -2.08. The zero-order valence-corrected chi connectivity index (χ0v) is 17.9. The summed E-state index contributed by atoms with van der Waals surface area (Å²) in [6.45, 7) is 0. The summed E-state index contributed by atoms with van der Waals surface area (Å²) in [6.07, 6.45) is 0.432. The normalized spacial score (nSPS) is 10.6. The summed E-state index contributed by atoms with van der Waals surface area (Å²) in [4.78, 5) is 12.1. The van der Waals surface area contributed by atoms with Gasteiger partial charge in [0.2, 0.25) is 11.8 Å². The molecule has 0 bridgehead atoms. The number of anilines is 1. The Kier molecular flexibility index (Phi) is 7.24. The summed E-state index contributed by atoms with van der Waals surface area (Å²) in [5.41, 5.74) is 1.45. The SMILES string of the molecule is COc1ccc(Cc2nnc(SCC(=O)Nc3cc(Cl)cc(Cl)c3)o2)cc1OC. The summed E-state index contributed by atoms with van der Waals surface area (Å²) in [5, 5.41) is 11.9. The molecule has 1 N–H and O–H groups in total. The summed E-state index contributed by atoms with van der Waals surface area (Å²) < 4.78 is 16.1. The Labute approximate surface area is 181 Å². The highest BCUT2D eigenvalue weighted by Crippen LogP contribution is 2.29. The van der Waals surface area contributed by atoms with Gasteiger partial charge in [0.25, 0.3) is 5.22 Å². The predicted molar refractivity (Wildman–Crippen MR) is 112 cm³/mol. The summed E-state index contributed by atoms with van der Waals surface area (Å²) >= 11 is 13.0. The van der Waals surface area contributed by atoms with Crippen molar-refractivity contribution in [1.82, 2.24) is 10.2 Å². The maximum Gasteiger partial charge on any atom is 0.277 e. The molecular formula is C19H17Cl2N3O4S. The second-order valence-corrected chi connectivity index (χ2v) is 7.62. The lowest BCUT2D eigenvalue weighted by atomic mass is 10.1. The average Bonchev–Trinajstić information content (AvgIpc) is 3.12. The fourth-order valence-electron chi connectivity index (χ4n) is 2.48. The van der Waals surface area contributed by atoms with E-state index >= 15 is 0 Å². The third-order valence-electron chi connectivity index (χ3n) is 3.72. The first kappa shape index (κ1) is 21.3. The predicted octanol–water partition coefficient (Wildman–Crippen LogP) is 4.72. The number of carbonyl (C=O) groups is 1. The summed E-state index contributed by atoms with van der Waals surface area (Å²) in [7, 11) is 3.15. The molecule has 0 unspecified atom stereocenters. The number of aromatic nitrogens is 2. The van der Waals surface area contributed by atoms with Crippen molar-refractivity contribution in [2.45, 2.75) is 11.6 Å². The number of methoxy groups -OCH3 is 2. The van der Waals surface area contributed by atoms with Crippen LogP contribution in [0.4, 0.5) is 5.69 Å². The fraction of sp³-hybridized carbons (Fsp3) is 0.211. The van der Waals surface area contributed by atoms with Gasteiger partial charge in [0.1, 0.15) is 0 Å². The molecule has 7 nitrogen and oxygen atoms in total. The van der Waals surface area contributed by atoms with Crippen LogP contribution in [0.25, 0.3) is 0 Å². The minimum absolute atomic E-state index is 0.0993. The molecule has 0 fully saturated rings. The van der Waals surface area contributed by atoms with Gasteiger partial charge < -0.3 is 19.2 Å². The first-order valence-corrected chi connectivity index (χ1v) is 10.1. The largest absolute Gasteiger partial charge is 0.493 e. The number of nitrogens with one attached hydrogen (secondary N) is 1. The molecule has 0 radical (unpaired) electrons. The van der Waals surface area contributed by atoms with Crippen LogP contribution in [0.1, 0.15) is 11.5 Å². The minimum Gasteiger partial charge on any atom is -0.493 e. The molecule has 29 heavy (non-hydrogen) atoms. The first-order chi connectivity index (χ1) is 14.0. The molecule has 0 aliphatic carbocycles. The van der Waals surface area contributed by atoms with Gasteiger partial charge >= 0.3 is 0 Å². The van der Waals surface area contributed by atoms with Gasteiger partial charge in [-0.05, 0) is 35.9 Å². The monoisotopic (exact) mass is 453 g/mol. The number of ether oxygens (including phenoxy) is 2. The molecule has 1 heterocycles. The quantitative estimate of drug-likeness (QED) is 0.493. The molecule has 0 saturated carbocycles. The van der Waals surface area contributed by atoms with E-state index in [1.165, 1.54) is 0 Å². The van der Waals surface area contributed by atoms with E-state index in [4.69, 9.17) is 37.1 Å². The van der Waals surface area contributed by atoms with Crippen LogP contribution in [-0.4, -0.2) is 36.1 Å². The molecule has 10 heteroatoms. The van der Waals surface area contributed by atoms with Crippen molar-refractivity contribution in [1.29, 1.82) is 0 Å². The lowest BCUT2D eigenvalue weighted by molar-refractivity contribution is -0.113. The number of hydrogen-bond donors (Lipinski definition) is 1. The molecular weight excluding hydrogens is 437 g/mol. The van der Waals surface area contributed by atoms with E-state index in [9.17, 15) is 4.79 Å². The fourth-order valence-corrected chi connectivity index (χ4v) is 3.59. The topological polar surface area (TPSA) is 86.5 Å². The van der Waals surface area contributed by atoms with Gasteiger partial charge in [-0.25, -0.2) is 0 Å². The van der Waals surface area contributed by atoms with Crippen LogP contribution < -0.4 is 14.8 Å². The van der Waals surface area contributed by atoms with E-state index in [-0.39, 0.29) is 11.7 Å². The van der Waals surface area contributed by atoms with E-state index in [0.717, 1.165) is 17.3 Å². The number of amides is 1. The maximum atomic E-state index is 12.1. The first-order valence-electron chi connectivity index (χ1n) is 8.39. The van der Waals surface area contributed by atoms with Crippen LogP contribution in [0.15, 0.2) is 46.0 Å². The van der Waals surface area contributed by atoms with Crippen molar-refractivity contribution >= 4 is 46.6 Å². The Morgan fingerprint density at radius 1 is 1.07 bits per heavy atom.